The summed E-state index contributed by atoms with van der Waals surface area (Å²) in [4.78, 5) is 8.22. The normalized spacial score (nSPS) is 24.7. The Morgan fingerprint density at radius 1 is 1.19 bits per heavy atom. The van der Waals surface area contributed by atoms with Gasteiger partial charge in [0.2, 0.25) is 0 Å². The minimum absolute atomic E-state index is 0.0227. The van der Waals surface area contributed by atoms with Crippen molar-refractivity contribution < 1.29 is 10.1 Å². The Morgan fingerprint density at radius 2 is 1.81 bits per heavy atom. The van der Waals surface area contributed by atoms with Crippen LogP contribution in [0.25, 0.3) is 0 Å². The Labute approximate surface area is 197 Å². The lowest BCUT2D eigenvalue weighted by Gasteiger charge is -2.47. The number of hydrogen-bond donors (Lipinski definition) is 3. The topological polar surface area (TPSA) is 137 Å². The second-order valence-electron chi connectivity index (χ2n) is 7.26. The third-order valence-electron chi connectivity index (χ3n) is 5.40. The highest BCUT2D eigenvalue weighted by Crippen LogP contribution is 2.52. The molecule has 0 aliphatic carbocycles. The zero-order valence-electron chi connectivity index (χ0n) is 17.3. The smallest absolute Gasteiger partial charge is 0.143 e. The molecule has 164 valence electrons. The maximum absolute atomic E-state index is 10.2. The molecule has 32 heavy (non-hydrogen) atoms. The maximum atomic E-state index is 10.2. The first-order valence-electron chi connectivity index (χ1n) is 10.0. The molecular formula is C22H23N7OS2. The zero-order valence-corrected chi connectivity index (χ0v) is 18.9. The van der Waals surface area contributed by atoms with Gasteiger partial charge in [-0.1, -0.05) is 24.4 Å². The summed E-state index contributed by atoms with van der Waals surface area (Å²) in [6, 6.07) is 10.8. The molecule has 2 aliphatic rings. The van der Waals surface area contributed by atoms with Crippen molar-refractivity contribution in [3.8, 4) is 12.1 Å². The Balaban J connectivity index is 0.000000416. The molecule has 2 aromatic heterocycles. The largest absolute Gasteiger partial charge is 0.762 e. The summed E-state index contributed by atoms with van der Waals surface area (Å²) in [7, 11) is 0. The van der Waals surface area contributed by atoms with Crippen molar-refractivity contribution in [2.75, 3.05) is 26.3 Å². The van der Waals surface area contributed by atoms with E-state index in [9.17, 15) is 10.5 Å². The van der Waals surface area contributed by atoms with Crippen LogP contribution in [-0.2, 0) is 17.4 Å². The molecule has 4 heterocycles. The van der Waals surface area contributed by atoms with E-state index in [1.807, 2.05) is 6.07 Å². The van der Waals surface area contributed by atoms with Gasteiger partial charge >= 0.3 is 0 Å². The minimum Gasteiger partial charge on any atom is -0.762 e. The average molecular weight is 466 g/mol. The van der Waals surface area contributed by atoms with Gasteiger partial charge in [-0.25, -0.2) is 0 Å². The van der Waals surface area contributed by atoms with Gasteiger partial charge in [0, 0.05) is 36.3 Å². The van der Waals surface area contributed by atoms with Gasteiger partial charge in [0.1, 0.15) is 5.41 Å². The van der Waals surface area contributed by atoms with E-state index in [4.69, 9.17) is 35.3 Å². The van der Waals surface area contributed by atoms with Crippen LogP contribution in [0.3, 0.4) is 0 Å². The number of nitriles is 2. The van der Waals surface area contributed by atoms with Crippen LogP contribution in [0, 0.1) is 28.1 Å². The number of nitrogens with one attached hydrogen (secondary N) is 1. The van der Waals surface area contributed by atoms with Crippen LogP contribution in [0.1, 0.15) is 23.1 Å². The first kappa shape index (κ1) is 23.5. The van der Waals surface area contributed by atoms with Crippen LogP contribution in [0.2, 0.25) is 0 Å². The third kappa shape index (κ3) is 4.69. The SMILES string of the molecule is C1COCC[NH2+]1.N#CC1=C([S-])NC(c2cccnc2)C(C#N)(C(N)=S)C1c1cccnc1. The van der Waals surface area contributed by atoms with Crippen molar-refractivity contribution in [1.82, 2.24) is 15.3 Å². The highest BCUT2D eigenvalue weighted by molar-refractivity contribution is 7.80. The molecule has 4 rings (SSSR count). The van der Waals surface area contributed by atoms with E-state index < -0.39 is 17.4 Å². The molecule has 0 bridgehead atoms. The second kappa shape index (κ2) is 10.9. The summed E-state index contributed by atoms with van der Waals surface area (Å²) in [6.45, 7) is 4.19. The molecular weight excluding hydrogens is 442 g/mol. The van der Waals surface area contributed by atoms with Crippen LogP contribution >= 0.6 is 12.2 Å². The predicted molar refractivity (Wildman–Crippen MR) is 124 cm³/mol. The van der Waals surface area contributed by atoms with Gasteiger partial charge in [-0.2, -0.15) is 10.5 Å². The second-order valence-corrected chi connectivity index (χ2v) is 8.11. The lowest BCUT2D eigenvalue weighted by molar-refractivity contribution is -0.670. The Kier molecular flexibility index (Phi) is 8.03. The van der Waals surface area contributed by atoms with E-state index in [1.54, 1.807) is 43.0 Å². The van der Waals surface area contributed by atoms with Crippen LogP contribution in [0.15, 0.2) is 59.7 Å². The first-order chi connectivity index (χ1) is 15.6. The Bertz CT molecular complexity index is 1030. The van der Waals surface area contributed by atoms with Gasteiger partial charge in [-0.05, 0) is 23.3 Å². The number of morpholine rings is 1. The van der Waals surface area contributed by atoms with E-state index in [0.717, 1.165) is 26.3 Å². The molecule has 2 aliphatic heterocycles. The van der Waals surface area contributed by atoms with E-state index >= 15 is 0 Å². The molecule has 0 saturated carbocycles. The van der Waals surface area contributed by atoms with E-state index in [1.165, 1.54) is 0 Å². The number of hydrogen-bond acceptors (Lipinski definition) is 8. The number of nitrogens with two attached hydrogens (primary N) is 2. The lowest BCUT2D eigenvalue weighted by atomic mass is 9.62. The van der Waals surface area contributed by atoms with Crippen LogP contribution in [0.5, 0.6) is 0 Å². The zero-order chi connectivity index (χ0) is 23.0. The molecule has 2 aromatic rings. The fourth-order valence-corrected chi connectivity index (χ4v) is 4.44. The summed E-state index contributed by atoms with van der Waals surface area (Å²) in [5.74, 6) is -0.734. The predicted octanol–water partition coefficient (Wildman–Crippen LogP) is 0.563. The number of rotatable bonds is 3. The summed E-state index contributed by atoms with van der Waals surface area (Å²) in [6.07, 6.45) is 6.47. The lowest BCUT2D eigenvalue weighted by Crippen LogP contribution is -2.87. The minimum atomic E-state index is -1.41. The van der Waals surface area contributed by atoms with Gasteiger partial charge < -0.3 is 33.7 Å². The third-order valence-corrected chi connectivity index (χ3v) is 6.08. The van der Waals surface area contributed by atoms with Crippen molar-refractivity contribution in [2.24, 2.45) is 11.1 Å². The maximum Gasteiger partial charge on any atom is 0.143 e. The Morgan fingerprint density at radius 3 is 2.22 bits per heavy atom. The highest BCUT2D eigenvalue weighted by Gasteiger charge is 2.54. The van der Waals surface area contributed by atoms with Crippen molar-refractivity contribution in [3.05, 3.63) is 70.8 Å². The number of aromatic nitrogens is 2. The fourth-order valence-electron chi connectivity index (χ4n) is 3.88. The van der Waals surface area contributed by atoms with Gasteiger partial charge in [-0.3, -0.25) is 9.97 Å². The van der Waals surface area contributed by atoms with Crippen molar-refractivity contribution in [3.63, 3.8) is 0 Å². The molecule has 3 unspecified atom stereocenters. The average Bonchev–Trinajstić information content (AvgIpc) is 2.85. The van der Waals surface area contributed by atoms with Crippen molar-refractivity contribution in [1.29, 1.82) is 10.5 Å². The van der Waals surface area contributed by atoms with Gasteiger partial charge in [0.05, 0.1) is 49.5 Å². The number of ether oxygens (including phenoxy) is 1. The van der Waals surface area contributed by atoms with Crippen LogP contribution < -0.4 is 16.4 Å². The summed E-state index contributed by atoms with van der Waals surface area (Å²) >= 11 is 10.7. The van der Waals surface area contributed by atoms with E-state index in [-0.39, 0.29) is 15.6 Å². The monoisotopic (exact) mass is 465 g/mol. The molecule has 0 spiro atoms. The Hall–Kier alpha value is -3.15. The molecule has 0 radical (unpaired) electrons. The van der Waals surface area contributed by atoms with Crippen molar-refractivity contribution >= 4 is 29.8 Å². The highest BCUT2D eigenvalue weighted by atomic mass is 32.1. The molecule has 10 heteroatoms. The number of pyridine rings is 2. The molecule has 5 N–H and O–H groups in total. The van der Waals surface area contributed by atoms with Crippen LogP contribution in [-0.4, -0.2) is 41.3 Å². The molecule has 1 saturated heterocycles. The fraction of sp³-hybridized carbons (Fsp3) is 0.318. The molecule has 0 aromatic carbocycles. The van der Waals surface area contributed by atoms with Gasteiger partial charge in [-0.15, -0.1) is 5.03 Å². The number of thiocarbonyl (C=S) groups is 1. The molecule has 8 nitrogen and oxygen atoms in total. The quantitative estimate of drug-likeness (QED) is 0.438. The molecule has 0 amide bonds. The van der Waals surface area contributed by atoms with Crippen molar-refractivity contribution in [2.45, 2.75) is 12.0 Å². The van der Waals surface area contributed by atoms with Gasteiger partial charge in [0.25, 0.3) is 0 Å². The number of nitrogens with zero attached hydrogens (tertiary/aromatic N) is 4. The number of allylic oxidation sites excluding steroid dienone is 1. The molecule has 1 fully saturated rings. The first-order valence-corrected chi connectivity index (χ1v) is 10.9. The summed E-state index contributed by atoms with van der Waals surface area (Å²) in [5.41, 5.74) is 6.28. The van der Waals surface area contributed by atoms with E-state index in [0.29, 0.717) is 11.1 Å². The number of quaternary nitrogens is 1. The van der Waals surface area contributed by atoms with E-state index in [2.05, 4.69) is 32.7 Å². The molecule has 3 atom stereocenters. The van der Waals surface area contributed by atoms with Crippen LogP contribution in [0.4, 0.5) is 0 Å². The van der Waals surface area contributed by atoms with Gasteiger partial charge in [0.15, 0.2) is 0 Å². The standard InChI is InChI=1S/C18H14N6S2.C4H9NO/c19-7-13-14(11-3-1-5-22-8-11)18(10-20,17(21)26)15(24-16(13)25)12-4-2-6-23-9-12;1-3-6-4-2-5-1/h1-6,8-9,14-15,24-25H,(H2,21,26);5H,1-4H2. The summed E-state index contributed by atoms with van der Waals surface area (Å²) < 4.78 is 5.04. The summed E-state index contributed by atoms with van der Waals surface area (Å²) in [5, 5.41) is 25.5.